The number of rotatable bonds is 17. The van der Waals surface area contributed by atoms with Crippen LogP contribution in [0.15, 0.2) is 107 Å². The van der Waals surface area contributed by atoms with E-state index in [0.29, 0.717) is 17.2 Å². The van der Waals surface area contributed by atoms with Crippen molar-refractivity contribution in [1.82, 2.24) is 9.55 Å². The van der Waals surface area contributed by atoms with Crippen LogP contribution >= 0.6 is 11.6 Å². The molecule has 3 aliphatic rings. The number of nitrogens with zero attached hydrogens (tertiary/aromatic N) is 1. The van der Waals surface area contributed by atoms with E-state index in [-0.39, 0.29) is 30.6 Å². The summed E-state index contributed by atoms with van der Waals surface area (Å²) >= 11 is 5.00. The van der Waals surface area contributed by atoms with Gasteiger partial charge in [0.05, 0.1) is 18.6 Å². The first-order chi connectivity index (χ1) is 37.4. The fourth-order valence-corrected chi connectivity index (χ4v) is 7.52. The predicted octanol–water partition coefficient (Wildman–Crippen LogP) is 2.95. The molecule has 25 heteroatoms. The molecule has 0 spiro atoms. The van der Waals surface area contributed by atoms with E-state index in [2.05, 4.69) is 16.8 Å². The Morgan fingerprint density at radius 3 is 1.49 bits per heavy atom. The topological polar surface area (TPSA) is 301 Å². The number of carbonyl (C=O) groups is 5. The molecule has 3 unspecified atom stereocenters. The zero-order chi connectivity index (χ0) is 57.3. The van der Waals surface area contributed by atoms with Gasteiger partial charge in [-0.2, -0.15) is 0 Å². The second kappa shape index (κ2) is 32.9. The Morgan fingerprint density at radius 1 is 0.577 bits per heavy atom. The lowest BCUT2D eigenvalue weighted by Gasteiger charge is -2.21. The molecule has 0 bridgehead atoms. The number of hydrogen-bond acceptors (Lipinski definition) is 22. The van der Waals surface area contributed by atoms with Crippen molar-refractivity contribution in [1.29, 1.82) is 0 Å². The van der Waals surface area contributed by atoms with Crippen molar-refractivity contribution in [2.24, 2.45) is 0 Å². The number of halogens is 1. The van der Waals surface area contributed by atoms with E-state index >= 15 is 0 Å². The number of aromatic amines is 1. The van der Waals surface area contributed by atoms with Gasteiger partial charge in [-0.25, -0.2) is 4.79 Å². The third-order valence-corrected chi connectivity index (χ3v) is 11.3. The van der Waals surface area contributed by atoms with Gasteiger partial charge in [0, 0.05) is 55.3 Å². The molecule has 0 amide bonds. The molecule has 0 radical (unpaired) electrons. The number of carbonyl (C=O) groups excluding carboxylic acids is 5. The lowest BCUT2D eigenvalue weighted by Crippen LogP contribution is -2.39. The Bertz CT molecular complexity index is 2700. The van der Waals surface area contributed by atoms with Crippen LogP contribution in [0.25, 0.3) is 0 Å². The molecule has 3 aromatic carbocycles. The van der Waals surface area contributed by atoms with Gasteiger partial charge in [0.15, 0.2) is 31.2 Å². The van der Waals surface area contributed by atoms with E-state index < -0.39 is 115 Å². The van der Waals surface area contributed by atoms with Crippen molar-refractivity contribution in [2.45, 2.75) is 113 Å². The Balaban J connectivity index is 0.000000243. The van der Waals surface area contributed by atoms with Crippen molar-refractivity contribution in [3.63, 3.8) is 0 Å². The summed E-state index contributed by atoms with van der Waals surface area (Å²) in [7, 11) is 8.76. The number of benzene rings is 3. The molecule has 12 atom stereocenters. The molecular formula is C53H63ClN2O22. The van der Waals surface area contributed by atoms with Crippen molar-refractivity contribution in [3.05, 3.63) is 124 Å². The van der Waals surface area contributed by atoms with Gasteiger partial charge in [0.1, 0.15) is 66.2 Å². The molecule has 3 saturated heterocycles. The molecule has 3 N–H and O–H groups in total. The van der Waals surface area contributed by atoms with Crippen LogP contribution in [0.2, 0.25) is 0 Å². The molecule has 4 aromatic rings. The van der Waals surface area contributed by atoms with Crippen LogP contribution < -0.4 is 25.5 Å². The highest BCUT2D eigenvalue weighted by molar-refractivity contribution is 6.64. The lowest BCUT2D eigenvalue weighted by atomic mass is 10.1. The minimum atomic E-state index is -1.22. The van der Waals surface area contributed by atoms with Gasteiger partial charge in [-0.05, 0) is 61.8 Å². The van der Waals surface area contributed by atoms with E-state index in [9.17, 15) is 43.8 Å². The van der Waals surface area contributed by atoms with Gasteiger partial charge in [-0.15, -0.1) is 0 Å². The average Bonchev–Trinajstić information content (AvgIpc) is 4.03. The zero-order valence-electron chi connectivity index (χ0n) is 43.9. The normalized spacial score (nSPS) is 24.7. The van der Waals surface area contributed by atoms with Gasteiger partial charge in [0.25, 0.3) is 5.56 Å². The fourth-order valence-electron chi connectivity index (χ4n) is 7.41. The summed E-state index contributed by atoms with van der Waals surface area (Å²) in [5, 5.41) is 19.1. The number of aromatic nitrogens is 2. The van der Waals surface area contributed by atoms with E-state index in [1.165, 1.54) is 48.9 Å². The first kappa shape index (κ1) is 63.8. The minimum Gasteiger partial charge on any atom is -0.456 e. The highest BCUT2D eigenvalue weighted by Gasteiger charge is 2.47. The molecular weight excluding hydrogens is 1050 g/mol. The van der Waals surface area contributed by atoms with Crippen molar-refractivity contribution < 1.29 is 95.8 Å². The van der Waals surface area contributed by atoms with Crippen LogP contribution in [0, 0.1) is 11.8 Å². The summed E-state index contributed by atoms with van der Waals surface area (Å²) in [4.78, 5) is 83.2. The highest BCUT2D eigenvalue weighted by atomic mass is 35.5. The van der Waals surface area contributed by atoms with Crippen LogP contribution in [0.1, 0.15) is 51.3 Å². The summed E-state index contributed by atoms with van der Waals surface area (Å²) < 4.78 is 68.1. The molecule has 3 aliphatic heterocycles. The van der Waals surface area contributed by atoms with Crippen LogP contribution in [0.4, 0.5) is 0 Å². The van der Waals surface area contributed by atoms with Gasteiger partial charge in [0.2, 0.25) is 5.24 Å². The van der Waals surface area contributed by atoms with Gasteiger partial charge >= 0.3 is 29.6 Å². The second-order valence-corrected chi connectivity index (χ2v) is 17.1. The number of aliphatic hydroxyl groups is 2. The fraction of sp³-hybridized carbons (Fsp3) is 0.453. The maximum absolute atomic E-state index is 12.2. The monoisotopic (exact) mass is 1110 g/mol. The SMILES string of the molecule is COC1[C@@H](OC)O[C@@H](C)[C@H]1O.COC1[C@@H](OC)O[C@@H](C)[C@H]1OC(=O)CC(=O)Oc1ccccc1.COC1[C@@H](OC)O[C@@H](n2cc(C#CCCC(=O)Oc3ccccc3)c(=O)[nH]c2=O)[C@H]1O.O=C(Cl)CC(=O)Oc1ccccc1. The maximum Gasteiger partial charge on any atom is 0.330 e. The summed E-state index contributed by atoms with van der Waals surface area (Å²) in [6, 6.07) is 25.6. The van der Waals surface area contributed by atoms with Gasteiger partial charge in [-0.1, -0.05) is 66.4 Å². The standard InChI is InChI=1S/C21H22N2O8.C16H20O7.C9H7ClO3.C7H14O4/c1-28-17-16(25)19(31-20(17)29-2)23-12-13(18(26)22-21(23)27)8-6-7-11-15(24)30-14-9-4-3-5-10-14;1-10-14(15(19-2)16(20-3)21-10)23-13(18)9-12(17)22-11-7-5-4-6-8-11;10-8(11)6-9(12)13-7-4-2-1-3-5-7;1-4-5(8)6(9-2)7(10-3)11-4/h3-5,9-10,12,16-17,19-20,25H,7,11H2,1-2H3,(H,22,26,27);4-8,10,14-16H,9H2,1-3H3;1-5H,6H2;4-8H,1-3H3/t16-,17?,19+,20-;10-,14+,15?,16-;;4-,5+,6?,7-/m00.0/s1. The molecule has 24 nitrogen and oxygen atoms in total. The number of nitrogens with one attached hydrogen (secondary N) is 1. The third kappa shape index (κ3) is 19.6. The first-order valence-electron chi connectivity index (χ1n) is 23.9. The molecule has 7 rings (SSSR count). The molecule has 78 heavy (non-hydrogen) atoms. The highest BCUT2D eigenvalue weighted by Crippen LogP contribution is 2.31. The van der Waals surface area contributed by atoms with E-state index in [4.69, 9.17) is 73.2 Å². The Labute approximate surface area is 453 Å². The smallest absolute Gasteiger partial charge is 0.330 e. The predicted molar refractivity (Wildman–Crippen MR) is 272 cm³/mol. The van der Waals surface area contributed by atoms with Crippen molar-refractivity contribution in [3.8, 4) is 29.1 Å². The van der Waals surface area contributed by atoms with E-state index in [1.54, 1.807) is 105 Å². The quantitative estimate of drug-likeness (QED) is 0.0450. The number of hydrogen-bond donors (Lipinski definition) is 3. The molecule has 0 aliphatic carbocycles. The van der Waals surface area contributed by atoms with Gasteiger partial charge < -0.3 is 71.8 Å². The van der Waals surface area contributed by atoms with Crippen LogP contribution in [0.5, 0.6) is 17.2 Å². The first-order valence-corrected chi connectivity index (χ1v) is 24.2. The number of ether oxygens (including phenoxy) is 13. The molecule has 1 aromatic heterocycles. The zero-order valence-corrected chi connectivity index (χ0v) is 44.6. The van der Waals surface area contributed by atoms with E-state index in [1.807, 2.05) is 0 Å². The van der Waals surface area contributed by atoms with Crippen LogP contribution in [-0.4, -0.2) is 159 Å². The summed E-state index contributed by atoms with van der Waals surface area (Å²) in [6.45, 7) is 3.53. The van der Waals surface area contributed by atoms with E-state index in [0.717, 1.165) is 4.57 Å². The largest absolute Gasteiger partial charge is 0.456 e. The van der Waals surface area contributed by atoms with Gasteiger partial charge in [-0.3, -0.25) is 38.3 Å². The third-order valence-electron chi connectivity index (χ3n) is 11.2. The maximum atomic E-state index is 12.2. The second-order valence-electron chi connectivity index (χ2n) is 16.6. The molecule has 0 saturated carbocycles. The Kier molecular flexibility index (Phi) is 26.9. The number of esters is 4. The number of H-pyrrole nitrogens is 1. The van der Waals surface area contributed by atoms with Crippen molar-refractivity contribution in [2.75, 3.05) is 42.7 Å². The van der Waals surface area contributed by atoms with Crippen LogP contribution in [-0.2, 0) is 71.3 Å². The number of para-hydroxylation sites is 3. The average molecular weight is 1120 g/mol. The lowest BCUT2D eigenvalue weighted by molar-refractivity contribution is -0.166. The Hall–Kier alpha value is -6.70. The summed E-state index contributed by atoms with van der Waals surface area (Å²) in [5.74, 6) is 4.05. The number of aliphatic hydroxyl groups excluding tert-OH is 2. The molecule has 3 fully saturated rings. The minimum absolute atomic E-state index is 0.0227. The summed E-state index contributed by atoms with van der Waals surface area (Å²) in [5.41, 5.74) is -1.50. The van der Waals surface area contributed by atoms with Crippen molar-refractivity contribution >= 4 is 40.7 Å². The number of methoxy groups -OCH3 is 6. The Morgan fingerprint density at radius 2 is 1.03 bits per heavy atom. The molecule has 4 heterocycles. The van der Waals surface area contributed by atoms with Crippen LogP contribution in [0.3, 0.4) is 0 Å². The molecule has 424 valence electrons. The summed E-state index contributed by atoms with van der Waals surface area (Å²) in [6.07, 6.45) is -7.46.